The summed E-state index contributed by atoms with van der Waals surface area (Å²) in [7, 11) is 1.99. The summed E-state index contributed by atoms with van der Waals surface area (Å²) < 4.78 is 13.9. The first kappa shape index (κ1) is 23.6. The van der Waals surface area contributed by atoms with Gasteiger partial charge in [0.05, 0.1) is 36.3 Å². The van der Waals surface area contributed by atoms with Crippen molar-refractivity contribution in [1.29, 1.82) is 0 Å². The van der Waals surface area contributed by atoms with Crippen LogP contribution in [-0.4, -0.2) is 51.8 Å². The second-order valence-corrected chi connectivity index (χ2v) is 9.64. The van der Waals surface area contributed by atoms with Crippen LogP contribution in [-0.2, 0) is 16.6 Å². The first-order valence-corrected chi connectivity index (χ1v) is 12.8. The van der Waals surface area contributed by atoms with Crippen molar-refractivity contribution in [3.05, 3.63) is 36.3 Å². The zero-order chi connectivity index (χ0) is 23.4. The minimum absolute atomic E-state index is 0.146. The predicted octanol–water partition coefficient (Wildman–Crippen LogP) is 5.01. The number of carbonyl (C=O) groups excluding carboxylic acids is 1. The number of hydrogen-bond donors (Lipinski definition) is 1. The Morgan fingerprint density at radius 2 is 2.24 bits per heavy atom. The fraction of sp³-hybridized carbons (Fsp3) is 0.480. The number of thioether (sulfide) groups is 1. The van der Waals surface area contributed by atoms with Gasteiger partial charge >= 0.3 is 0 Å². The Labute approximate surface area is 199 Å². The molecule has 0 spiro atoms. The molecule has 33 heavy (non-hydrogen) atoms. The standard InChI is InChI=1S/C25H32N4O3S/c1-5-19(33-4)7-9-32-18-10-22(17-6-8-31-15-17)28-23(11-18)21-14-29(3)24-13-26-25(12-20(21)24)27-16(2)30/h10-14,17,19H,5-9,15H2,1-4H3,(H,26,27,30). The molecule has 3 aromatic heterocycles. The topological polar surface area (TPSA) is 78.3 Å². The smallest absolute Gasteiger partial charge is 0.222 e. The van der Waals surface area contributed by atoms with Gasteiger partial charge in [-0.15, -0.1) is 0 Å². The number of amides is 1. The molecule has 1 N–H and O–H groups in total. The van der Waals surface area contributed by atoms with Gasteiger partial charge in [0, 0.05) is 61.0 Å². The summed E-state index contributed by atoms with van der Waals surface area (Å²) in [6.07, 6.45) is 9.11. The highest BCUT2D eigenvalue weighted by Gasteiger charge is 2.22. The van der Waals surface area contributed by atoms with E-state index in [1.807, 2.05) is 35.5 Å². The van der Waals surface area contributed by atoms with E-state index in [2.05, 4.69) is 35.7 Å². The van der Waals surface area contributed by atoms with Crippen molar-refractivity contribution < 1.29 is 14.3 Å². The Kier molecular flexibility index (Phi) is 7.55. The van der Waals surface area contributed by atoms with Crippen molar-refractivity contribution in [1.82, 2.24) is 14.5 Å². The number of aromatic nitrogens is 3. The molecule has 8 heteroatoms. The lowest BCUT2D eigenvalue weighted by Gasteiger charge is -2.15. The van der Waals surface area contributed by atoms with Crippen molar-refractivity contribution in [2.75, 3.05) is 31.4 Å². The summed E-state index contributed by atoms with van der Waals surface area (Å²) >= 11 is 1.89. The lowest BCUT2D eigenvalue weighted by molar-refractivity contribution is -0.114. The van der Waals surface area contributed by atoms with Crippen LogP contribution in [0.5, 0.6) is 5.75 Å². The molecule has 0 aromatic carbocycles. The molecule has 0 bridgehead atoms. The molecule has 2 atom stereocenters. The average molecular weight is 469 g/mol. The van der Waals surface area contributed by atoms with Gasteiger partial charge in [0.15, 0.2) is 0 Å². The molecule has 0 saturated carbocycles. The highest BCUT2D eigenvalue weighted by molar-refractivity contribution is 7.99. The van der Waals surface area contributed by atoms with Gasteiger partial charge in [0.25, 0.3) is 0 Å². The van der Waals surface area contributed by atoms with Crippen LogP contribution in [0.3, 0.4) is 0 Å². The van der Waals surface area contributed by atoms with Crippen molar-refractivity contribution in [3.63, 3.8) is 0 Å². The van der Waals surface area contributed by atoms with Gasteiger partial charge in [0.1, 0.15) is 11.6 Å². The van der Waals surface area contributed by atoms with E-state index in [-0.39, 0.29) is 11.8 Å². The fourth-order valence-electron chi connectivity index (χ4n) is 4.25. The largest absolute Gasteiger partial charge is 0.493 e. The van der Waals surface area contributed by atoms with Gasteiger partial charge in [-0.05, 0) is 31.6 Å². The second-order valence-electron chi connectivity index (χ2n) is 8.50. The van der Waals surface area contributed by atoms with Gasteiger partial charge in [-0.1, -0.05) is 6.92 Å². The number of nitrogens with one attached hydrogen (secondary N) is 1. The summed E-state index contributed by atoms with van der Waals surface area (Å²) in [5.41, 5.74) is 3.83. The Bertz CT molecular complexity index is 1120. The molecule has 4 rings (SSSR count). The zero-order valence-corrected chi connectivity index (χ0v) is 20.6. The number of rotatable bonds is 9. The van der Waals surface area contributed by atoms with E-state index < -0.39 is 0 Å². The van der Waals surface area contributed by atoms with Crippen LogP contribution in [0.4, 0.5) is 5.82 Å². The monoisotopic (exact) mass is 468 g/mol. The first-order chi connectivity index (χ1) is 16.0. The van der Waals surface area contributed by atoms with Crippen LogP contribution < -0.4 is 10.1 Å². The number of pyridine rings is 2. The average Bonchev–Trinajstić information content (AvgIpc) is 3.45. The van der Waals surface area contributed by atoms with E-state index >= 15 is 0 Å². The number of carbonyl (C=O) groups is 1. The van der Waals surface area contributed by atoms with E-state index in [0.717, 1.165) is 59.5 Å². The molecular formula is C25H32N4O3S. The van der Waals surface area contributed by atoms with Crippen molar-refractivity contribution >= 4 is 34.4 Å². The number of aryl methyl sites for hydroxylation is 1. The van der Waals surface area contributed by atoms with Gasteiger partial charge in [-0.2, -0.15) is 11.8 Å². The molecular weight excluding hydrogens is 436 g/mol. The molecule has 176 valence electrons. The van der Waals surface area contributed by atoms with E-state index in [1.165, 1.54) is 6.92 Å². The highest BCUT2D eigenvalue weighted by atomic mass is 32.2. The number of nitrogens with zero attached hydrogens (tertiary/aromatic N) is 3. The van der Waals surface area contributed by atoms with E-state index in [0.29, 0.717) is 24.3 Å². The third-order valence-electron chi connectivity index (χ3n) is 6.12. The Morgan fingerprint density at radius 3 is 2.94 bits per heavy atom. The molecule has 3 aromatic rings. The van der Waals surface area contributed by atoms with Crippen molar-refractivity contribution in [3.8, 4) is 17.0 Å². The zero-order valence-electron chi connectivity index (χ0n) is 19.8. The second kappa shape index (κ2) is 10.6. The summed E-state index contributed by atoms with van der Waals surface area (Å²) in [5.74, 6) is 1.49. The van der Waals surface area contributed by atoms with Gasteiger partial charge in [-0.3, -0.25) is 9.78 Å². The minimum Gasteiger partial charge on any atom is -0.493 e. The normalized spacial score (nSPS) is 16.8. The highest BCUT2D eigenvalue weighted by Crippen LogP contribution is 2.35. The Morgan fingerprint density at radius 1 is 1.39 bits per heavy atom. The van der Waals surface area contributed by atoms with Crippen molar-refractivity contribution in [2.45, 2.75) is 44.3 Å². The summed E-state index contributed by atoms with van der Waals surface area (Å²) in [5, 5.41) is 4.37. The number of fused-ring (bicyclic) bond motifs is 1. The van der Waals surface area contributed by atoms with Gasteiger partial charge in [0.2, 0.25) is 5.91 Å². The Hall–Kier alpha value is -2.58. The van der Waals surface area contributed by atoms with Crippen LogP contribution in [0.2, 0.25) is 0 Å². The van der Waals surface area contributed by atoms with Crippen LogP contribution in [0.25, 0.3) is 22.2 Å². The summed E-state index contributed by atoms with van der Waals surface area (Å²) in [4.78, 5) is 20.9. The molecule has 1 aliphatic rings. The fourth-order valence-corrected chi connectivity index (χ4v) is 4.92. The summed E-state index contributed by atoms with van der Waals surface area (Å²) in [6.45, 7) is 5.82. The SMILES string of the molecule is CCC(CCOc1cc(-c2cn(C)c3cnc(NC(C)=O)cc23)nc(C2CCOC2)c1)SC. The van der Waals surface area contributed by atoms with Crippen LogP contribution in [0, 0.1) is 0 Å². The maximum atomic E-state index is 11.5. The molecule has 0 aliphatic carbocycles. The maximum absolute atomic E-state index is 11.5. The van der Waals surface area contributed by atoms with E-state index in [4.69, 9.17) is 14.5 Å². The quantitative estimate of drug-likeness (QED) is 0.476. The van der Waals surface area contributed by atoms with Crippen molar-refractivity contribution in [2.24, 2.45) is 7.05 Å². The van der Waals surface area contributed by atoms with Crippen LogP contribution in [0.1, 0.15) is 44.7 Å². The predicted molar refractivity (Wildman–Crippen MR) is 134 cm³/mol. The third-order valence-corrected chi connectivity index (χ3v) is 7.36. The maximum Gasteiger partial charge on any atom is 0.222 e. The molecule has 2 unspecified atom stereocenters. The first-order valence-electron chi connectivity index (χ1n) is 11.5. The minimum atomic E-state index is -0.146. The van der Waals surface area contributed by atoms with Crippen LogP contribution >= 0.6 is 11.8 Å². The molecule has 0 radical (unpaired) electrons. The molecule has 1 fully saturated rings. The molecule has 4 heterocycles. The molecule has 1 amide bonds. The lowest BCUT2D eigenvalue weighted by atomic mass is 10.0. The number of hydrogen-bond acceptors (Lipinski definition) is 6. The summed E-state index contributed by atoms with van der Waals surface area (Å²) in [6, 6.07) is 5.99. The molecule has 7 nitrogen and oxygen atoms in total. The number of anilines is 1. The molecule has 1 aliphatic heterocycles. The van der Waals surface area contributed by atoms with Crippen LogP contribution in [0.15, 0.2) is 30.6 Å². The van der Waals surface area contributed by atoms with E-state index in [1.54, 1.807) is 6.20 Å². The van der Waals surface area contributed by atoms with Gasteiger partial charge in [-0.25, -0.2) is 4.98 Å². The Balaban J connectivity index is 1.71. The lowest BCUT2D eigenvalue weighted by Crippen LogP contribution is -2.09. The van der Waals surface area contributed by atoms with Gasteiger partial charge < -0.3 is 19.4 Å². The molecule has 1 saturated heterocycles. The third kappa shape index (κ3) is 5.50. The number of ether oxygens (including phenoxy) is 2. The van der Waals surface area contributed by atoms with E-state index in [9.17, 15) is 4.79 Å².